The number of fused-ring (bicyclic) bond motifs is 2. The van der Waals surface area contributed by atoms with Gasteiger partial charge in [-0.25, -0.2) is 9.59 Å². The Labute approximate surface area is 110 Å². The second-order valence-corrected chi connectivity index (χ2v) is 4.98. The smallest absolute Gasteiger partial charge is 0.347 e. The Kier molecular flexibility index (Phi) is 3.59. The van der Waals surface area contributed by atoms with Gasteiger partial charge in [-0.2, -0.15) is 0 Å². The first-order valence-corrected chi connectivity index (χ1v) is 6.18. The molecule has 0 aromatic heterocycles. The normalized spacial score (nSPS) is 32.4. The van der Waals surface area contributed by atoms with E-state index in [-0.39, 0.29) is 17.8 Å². The van der Waals surface area contributed by atoms with Gasteiger partial charge in [0.05, 0.1) is 0 Å². The van der Waals surface area contributed by atoms with Gasteiger partial charge in [-0.1, -0.05) is 13.5 Å². The minimum absolute atomic E-state index is 0.0528. The zero-order valence-corrected chi connectivity index (χ0v) is 10.7. The number of hydrogen-bond donors (Lipinski definition) is 0. The van der Waals surface area contributed by atoms with Crippen LogP contribution in [0, 0.1) is 11.8 Å². The quantitative estimate of drug-likeness (QED) is 0.558. The molecule has 1 saturated carbocycles. The molecule has 6 heteroatoms. The van der Waals surface area contributed by atoms with Crippen LogP contribution in [0.3, 0.4) is 0 Å². The fraction of sp³-hybridized carbons (Fsp3) is 0.615. The molecule has 1 heterocycles. The number of hydrogen-bond acceptors (Lipinski definition) is 6. The van der Waals surface area contributed by atoms with E-state index in [0.29, 0.717) is 12.8 Å². The first kappa shape index (κ1) is 13.6. The highest BCUT2D eigenvalue weighted by molar-refractivity contribution is 5.83. The Balaban J connectivity index is 1.96. The molecule has 0 aromatic rings. The van der Waals surface area contributed by atoms with Crippen molar-refractivity contribution in [2.24, 2.45) is 11.8 Å². The van der Waals surface area contributed by atoms with Gasteiger partial charge in [0.2, 0.25) is 0 Å². The average Bonchev–Trinajstić information content (AvgIpc) is 2.56. The van der Waals surface area contributed by atoms with E-state index in [1.54, 1.807) is 0 Å². The molecule has 2 fully saturated rings. The van der Waals surface area contributed by atoms with Crippen LogP contribution in [0.4, 0.5) is 0 Å². The van der Waals surface area contributed by atoms with Crippen molar-refractivity contribution in [2.75, 3.05) is 6.61 Å². The van der Waals surface area contributed by atoms with Crippen molar-refractivity contribution in [2.45, 2.75) is 32.0 Å². The topological polar surface area (TPSA) is 78.9 Å². The van der Waals surface area contributed by atoms with Crippen molar-refractivity contribution in [1.82, 2.24) is 0 Å². The number of ether oxygens (including phenoxy) is 3. The van der Waals surface area contributed by atoms with Crippen LogP contribution in [0.15, 0.2) is 12.7 Å². The molecular weight excluding hydrogens is 252 g/mol. The predicted molar refractivity (Wildman–Crippen MR) is 62.6 cm³/mol. The molecule has 0 spiro atoms. The minimum Gasteiger partial charge on any atom is -0.451 e. The summed E-state index contributed by atoms with van der Waals surface area (Å²) < 4.78 is 15.1. The molecule has 0 amide bonds. The molecule has 1 aliphatic heterocycles. The zero-order valence-electron chi connectivity index (χ0n) is 10.7. The molecule has 104 valence electrons. The van der Waals surface area contributed by atoms with Crippen LogP contribution in [-0.2, 0) is 28.6 Å². The van der Waals surface area contributed by atoms with Gasteiger partial charge in [0.25, 0.3) is 5.79 Å². The third-order valence-corrected chi connectivity index (χ3v) is 3.54. The van der Waals surface area contributed by atoms with Crippen molar-refractivity contribution < 1.29 is 28.6 Å². The van der Waals surface area contributed by atoms with E-state index in [9.17, 15) is 14.4 Å². The van der Waals surface area contributed by atoms with Crippen LogP contribution in [0.1, 0.15) is 26.2 Å². The van der Waals surface area contributed by atoms with E-state index in [4.69, 9.17) is 9.47 Å². The second kappa shape index (κ2) is 5.03. The zero-order chi connectivity index (χ0) is 14.0. The summed E-state index contributed by atoms with van der Waals surface area (Å²) in [5, 5.41) is 0. The monoisotopic (exact) mass is 268 g/mol. The summed E-state index contributed by atoms with van der Waals surface area (Å²) in [4.78, 5) is 33.9. The fourth-order valence-corrected chi connectivity index (χ4v) is 2.71. The summed E-state index contributed by atoms with van der Waals surface area (Å²) in [6, 6.07) is 0. The summed E-state index contributed by atoms with van der Waals surface area (Å²) in [5.41, 5.74) is 0. The lowest BCUT2D eigenvalue weighted by molar-refractivity contribution is -0.247. The largest absolute Gasteiger partial charge is 0.451 e. The van der Waals surface area contributed by atoms with Crippen molar-refractivity contribution in [3.63, 3.8) is 0 Å². The summed E-state index contributed by atoms with van der Waals surface area (Å²) in [6.45, 7) is 4.58. The molecule has 2 rings (SSSR count). The molecule has 0 aromatic carbocycles. The van der Waals surface area contributed by atoms with E-state index in [0.717, 1.165) is 12.5 Å². The molecule has 2 aliphatic rings. The standard InChI is InChI=1S/C13H16O6/c1-3-10(14)17-7-12(16)19-13-6-9(4-8(13)2)5-11(15)18-13/h3,8-9H,1,4-7H2,2H3. The van der Waals surface area contributed by atoms with Gasteiger partial charge in [0.15, 0.2) is 6.61 Å². The summed E-state index contributed by atoms with van der Waals surface area (Å²) in [7, 11) is 0. The van der Waals surface area contributed by atoms with E-state index in [1.165, 1.54) is 0 Å². The number of carbonyl (C=O) groups excluding carboxylic acids is 3. The molecule has 3 unspecified atom stereocenters. The highest BCUT2D eigenvalue weighted by atomic mass is 16.7. The maximum absolute atomic E-state index is 11.6. The van der Waals surface area contributed by atoms with E-state index >= 15 is 0 Å². The van der Waals surface area contributed by atoms with Gasteiger partial charge < -0.3 is 14.2 Å². The summed E-state index contributed by atoms with van der Waals surface area (Å²) in [5.74, 6) is -2.82. The van der Waals surface area contributed by atoms with Gasteiger partial charge in [-0.05, 0) is 12.3 Å². The number of carbonyl (C=O) groups is 3. The van der Waals surface area contributed by atoms with Crippen LogP contribution in [0.25, 0.3) is 0 Å². The maximum atomic E-state index is 11.6. The van der Waals surface area contributed by atoms with E-state index in [2.05, 4.69) is 11.3 Å². The Hall–Kier alpha value is -1.85. The predicted octanol–water partition coefficient (Wildman–Crippen LogP) is 0.948. The molecule has 0 N–H and O–H groups in total. The first-order valence-electron chi connectivity index (χ1n) is 6.18. The Bertz CT molecular complexity index is 429. The van der Waals surface area contributed by atoms with E-state index in [1.807, 2.05) is 6.92 Å². The van der Waals surface area contributed by atoms with Gasteiger partial charge in [0.1, 0.15) is 0 Å². The molecule has 0 radical (unpaired) electrons. The molecule has 1 aliphatic carbocycles. The second-order valence-electron chi connectivity index (χ2n) is 4.98. The molecular formula is C13H16O6. The fourth-order valence-electron chi connectivity index (χ4n) is 2.71. The molecule has 1 saturated heterocycles. The Morgan fingerprint density at radius 2 is 2.32 bits per heavy atom. The van der Waals surface area contributed by atoms with Gasteiger partial charge in [0, 0.05) is 24.8 Å². The van der Waals surface area contributed by atoms with Crippen LogP contribution in [0.5, 0.6) is 0 Å². The lowest BCUT2D eigenvalue weighted by atomic mass is 10.0. The van der Waals surface area contributed by atoms with Crippen molar-refractivity contribution in [1.29, 1.82) is 0 Å². The molecule has 6 nitrogen and oxygen atoms in total. The van der Waals surface area contributed by atoms with Crippen molar-refractivity contribution >= 4 is 17.9 Å². The minimum atomic E-state index is -1.18. The average molecular weight is 268 g/mol. The lowest BCUT2D eigenvalue weighted by Crippen LogP contribution is -2.45. The molecule has 19 heavy (non-hydrogen) atoms. The van der Waals surface area contributed by atoms with Crippen molar-refractivity contribution in [3.05, 3.63) is 12.7 Å². The van der Waals surface area contributed by atoms with Crippen molar-refractivity contribution in [3.8, 4) is 0 Å². The highest BCUT2D eigenvalue weighted by Crippen LogP contribution is 2.48. The molecule has 3 atom stereocenters. The third-order valence-electron chi connectivity index (χ3n) is 3.54. The van der Waals surface area contributed by atoms with E-state index < -0.39 is 24.3 Å². The Morgan fingerprint density at radius 1 is 1.58 bits per heavy atom. The number of rotatable bonds is 4. The van der Waals surface area contributed by atoms with Crippen LogP contribution < -0.4 is 0 Å². The van der Waals surface area contributed by atoms with Gasteiger partial charge >= 0.3 is 17.9 Å². The first-order chi connectivity index (χ1) is 8.95. The van der Waals surface area contributed by atoms with Crippen LogP contribution in [0.2, 0.25) is 0 Å². The Morgan fingerprint density at radius 3 is 3.00 bits per heavy atom. The van der Waals surface area contributed by atoms with Gasteiger partial charge in [-0.15, -0.1) is 0 Å². The van der Waals surface area contributed by atoms with Crippen LogP contribution in [-0.4, -0.2) is 30.3 Å². The lowest BCUT2D eigenvalue weighted by Gasteiger charge is -2.34. The summed E-state index contributed by atoms with van der Waals surface area (Å²) >= 11 is 0. The number of esters is 3. The summed E-state index contributed by atoms with van der Waals surface area (Å²) in [6.07, 6.45) is 2.63. The third kappa shape index (κ3) is 2.77. The molecule has 2 bridgehead atoms. The maximum Gasteiger partial charge on any atom is 0.347 e. The van der Waals surface area contributed by atoms with Gasteiger partial charge in [-0.3, -0.25) is 4.79 Å². The van der Waals surface area contributed by atoms with Crippen LogP contribution >= 0.6 is 0 Å². The highest BCUT2D eigenvalue weighted by Gasteiger charge is 2.55. The SMILES string of the molecule is C=CC(=O)OCC(=O)OC12CC(CC(=O)O1)CC2C.